The minimum atomic E-state index is -1.42. The standard InChI is InChI=1S/C28H35N5O7/c1-15(2)24(28(39)40)33-26(37)22(12-17-13-30-21-6-4-3-5-19(17)21)31-27(38)23(14-34)32-25(36)20(29)11-16-7-9-18(35)10-8-16/h3-10,13,15,20,22-24,30,34-35H,11-12,14,29H2,1-2H3,(H,31,38)(H,32,36)(H,33,37)(H,39,40). The summed E-state index contributed by atoms with van der Waals surface area (Å²) < 4.78 is 0. The summed E-state index contributed by atoms with van der Waals surface area (Å²) in [6.07, 6.45) is 1.82. The second-order valence-corrected chi connectivity index (χ2v) is 9.91. The molecular weight excluding hydrogens is 518 g/mol. The molecule has 2 aromatic carbocycles. The van der Waals surface area contributed by atoms with Crippen molar-refractivity contribution in [2.24, 2.45) is 11.7 Å². The fourth-order valence-electron chi connectivity index (χ4n) is 4.22. The zero-order chi connectivity index (χ0) is 29.4. The van der Waals surface area contributed by atoms with Gasteiger partial charge in [-0.15, -0.1) is 0 Å². The van der Waals surface area contributed by atoms with Crippen molar-refractivity contribution in [1.82, 2.24) is 20.9 Å². The lowest BCUT2D eigenvalue weighted by Gasteiger charge is -2.25. The van der Waals surface area contributed by atoms with Crippen molar-refractivity contribution in [2.45, 2.75) is 50.9 Å². The van der Waals surface area contributed by atoms with Crippen LogP contribution in [0, 0.1) is 5.92 Å². The van der Waals surface area contributed by atoms with Crippen molar-refractivity contribution < 1.29 is 34.5 Å². The molecular formula is C28H35N5O7. The predicted molar refractivity (Wildman–Crippen MR) is 147 cm³/mol. The smallest absolute Gasteiger partial charge is 0.326 e. The van der Waals surface area contributed by atoms with Crippen LogP contribution in [-0.4, -0.2) is 74.8 Å². The molecule has 12 heteroatoms. The molecule has 1 aromatic heterocycles. The molecule has 0 aliphatic carbocycles. The summed E-state index contributed by atoms with van der Waals surface area (Å²) in [7, 11) is 0. The van der Waals surface area contributed by atoms with Gasteiger partial charge in [0.2, 0.25) is 17.7 Å². The van der Waals surface area contributed by atoms with Crippen molar-refractivity contribution in [3.8, 4) is 5.75 Å². The Bertz CT molecular complexity index is 1340. The number of nitrogens with one attached hydrogen (secondary N) is 4. The highest BCUT2D eigenvalue weighted by molar-refractivity contribution is 5.95. The molecule has 0 radical (unpaired) electrons. The summed E-state index contributed by atoms with van der Waals surface area (Å²) in [5, 5.41) is 37.1. The summed E-state index contributed by atoms with van der Waals surface area (Å²) in [6.45, 7) is 2.52. The van der Waals surface area contributed by atoms with Crippen LogP contribution in [0.25, 0.3) is 10.9 Å². The largest absolute Gasteiger partial charge is 0.508 e. The SMILES string of the molecule is CC(C)C(NC(=O)C(Cc1c[nH]c2ccccc12)NC(=O)C(CO)NC(=O)C(N)Cc1ccc(O)cc1)C(=O)O. The highest BCUT2D eigenvalue weighted by atomic mass is 16.4. The summed E-state index contributed by atoms with van der Waals surface area (Å²) in [5.74, 6) is -3.86. The minimum Gasteiger partial charge on any atom is -0.508 e. The van der Waals surface area contributed by atoms with E-state index in [2.05, 4.69) is 20.9 Å². The summed E-state index contributed by atoms with van der Waals surface area (Å²) in [4.78, 5) is 53.8. The van der Waals surface area contributed by atoms with Gasteiger partial charge in [0.25, 0.3) is 0 Å². The van der Waals surface area contributed by atoms with Gasteiger partial charge in [0.05, 0.1) is 12.6 Å². The fraction of sp³-hybridized carbons (Fsp3) is 0.357. The number of para-hydroxylation sites is 1. The van der Waals surface area contributed by atoms with E-state index < -0.39 is 60.4 Å². The molecule has 214 valence electrons. The van der Waals surface area contributed by atoms with Crippen molar-refractivity contribution in [3.63, 3.8) is 0 Å². The first-order valence-electron chi connectivity index (χ1n) is 12.8. The van der Waals surface area contributed by atoms with Gasteiger partial charge in [-0.2, -0.15) is 0 Å². The number of aliphatic carboxylic acids is 1. The topological polar surface area (TPSA) is 207 Å². The minimum absolute atomic E-state index is 0.0124. The number of rotatable bonds is 13. The average Bonchev–Trinajstić information content (AvgIpc) is 3.33. The van der Waals surface area contributed by atoms with Gasteiger partial charge in [-0.05, 0) is 41.7 Å². The van der Waals surface area contributed by atoms with Crippen molar-refractivity contribution in [1.29, 1.82) is 0 Å². The maximum Gasteiger partial charge on any atom is 0.326 e. The highest BCUT2D eigenvalue weighted by Gasteiger charge is 2.31. The molecule has 40 heavy (non-hydrogen) atoms. The molecule has 4 atom stereocenters. The zero-order valence-electron chi connectivity index (χ0n) is 22.3. The molecule has 1 heterocycles. The van der Waals surface area contributed by atoms with Gasteiger partial charge in [0.1, 0.15) is 23.9 Å². The van der Waals surface area contributed by atoms with E-state index in [0.29, 0.717) is 11.1 Å². The Morgan fingerprint density at radius 3 is 2.12 bits per heavy atom. The van der Waals surface area contributed by atoms with Crippen LogP contribution in [0.1, 0.15) is 25.0 Å². The first kappa shape index (κ1) is 30.1. The van der Waals surface area contributed by atoms with Crippen LogP contribution in [0.15, 0.2) is 54.7 Å². The number of hydrogen-bond donors (Lipinski definition) is 8. The number of carbonyl (C=O) groups is 4. The van der Waals surface area contributed by atoms with Crippen LogP contribution in [0.4, 0.5) is 0 Å². The van der Waals surface area contributed by atoms with Crippen LogP contribution < -0.4 is 21.7 Å². The number of aromatic nitrogens is 1. The maximum absolute atomic E-state index is 13.2. The molecule has 0 aliphatic rings. The van der Waals surface area contributed by atoms with E-state index in [9.17, 15) is 34.5 Å². The number of carboxylic acids is 1. The van der Waals surface area contributed by atoms with E-state index in [1.165, 1.54) is 12.1 Å². The van der Waals surface area contributed by atoms with Gasteiger partial charge in [0, 0.05) is 23.5 Å². The van der Waals surface area contributed by atoms with Gasteiger partial charge in [-0.25, -0.2) is 4.79 Å². The van der Waals surface area contributed by atoms with Gasteiger partial charge < -0.3 is 42.0 Å². The second-order valence-electron chi connectivity index (χ2n) is 9.91. The molecule has 0 saturated carbocycles. The van der Waals surface area contributed by atoms with Gasteiger partial charge in [0.15, 0.2) is 0 Å². The number of nitrogens with two attached hydrogens (primary N) is 1. The number of phenolic OH excluding ortho intramolecular Hbond substituents is 1. The number of aliphatic hydroxyl groups is 1. The number of carboxylic acid groups (broad SMARTS) is 1. The average molecular weight is 554 g/mol. The molecule has 0 aliphatic heterocycles. The van der Waals surface area contributed by atoms with Crippen molar-refractivity contribution in [3.05, 3.63) is 65.9 Å². The molecule has 3 rings (SSSR count). The maximum atomic E-state index is 13.2. The van der Waals surface area contributed by atoms with E-state index in [0.717, 1.165) is 10.9 Å². The lowest BCUT2D eigenvalue weighted by Crippen LogP contribution is -2.59. The number of phenols is 1. The molecule has 4 unspecified atom stereocenters. The number of hydrogen-bond acceptors (Lipinski definition) is 7. The van der Waals surface area contributed by atoms with E-state index >= 15 is 0 Å². The Labute approximate surface area is 231 Å². The highest BCUT2D eigenvalue weighted by Crippen LogP contribution is 2.19. The molecule has 0 fully saturated rings. The Morgan fingerprint density at radius 1 is 0.875 bits per heavy atom. The number of amides is 3. The Hall–Kier alpha value is -4.42. The van der Waals surface area contributed by atoms with Crippen LogP contribution in [0.5, 0.6) is 5.75 Å². The van der Waals surface area contributed by atoms with Crippen LogP contribution in [-0.2, 0) is 32.0 Å². The Morgan fingerprint density at radius 2 is 1.50 bits per heavy atom. The Kier molecular flexibility index (Phi) is 10.2. The van der Waals surface area contributed by atoms with Gasteiger partial charge >= 0.3 is 5.97 Å². The van der Waals surface area contributed by atoms with E-state index in [4.69, 9.17) is 5.73 Å². The van der Waals surface area contributed by atoms with Crippen molar-refractivity contribution in [2.75, 3.05) is 6.61 Å². The van der Waals surface area contributed by atoms with Gasteiger partial charge in [-0.1, -0.05) is 44.2 Å². The third-order valence-electron chi connectivity index (χ3n) is 6.51. The van der Waals surface area contributed by atoms with Crippen LogP contribution in [0.2, 0.25) is 0 Å². The summed E-state index contributed by atoms with van der Waals surface area (Å²) >= 11 is 0. The normalized spacial score (nSPS) is 14.2. The van der Waals surface area contributed by atoms with Gasteiger partial charge in [-0.3, -0.25) is 14.4 Å². The molecule has 12 nitrogen and oxygen atoms in total. The molecule has 9 N–H and O–H groups in total. The third-order valence-corrected chi connectivity index (χ3v) is 6.51. The quantitative estimate of drug-likeness (QED) is 0.146. The van der Waals surface area contributed by atoms with E-state index in [1.54, 1.807) is 32.2 Å². The zero-order valence-corrected chi connectivity index (χ0v) is 22.3. The summed E-state index contributed by atoms with van der Waals surface area (Å²) in [6, 6.07) is 8.60. The molecule has 0 bridgehead atoms. The first-order chi connectivity index (χ1) is 19.0. The van der Waals surface area contributed by atoms with Crippen LogP contribution >= 0.6 is 0 Å². The summed E-state index contributed by atoms with van der Waals surface area (Å²) in [5.41, 5.74) is 8.18. The number of aromatic amines is 1. The number of fused-ring (bicyclic) bond motifs is 1. The molecule has 3 aromatic rings. The lowest BCUT2D eigenvalue weighted by atomic mass is 10.0. The Balaban J connectivity index is 1.75. The molecule has 0 spiro atoms. The monoisotopic (exact) mass is 553 g/mol. The molecule has 3 amide bonds. The fourth-order valence-corrected chi connectivity index (χ4v) is 4.22. The number of H-pyrrole nitrogens is 1. The number of benzene rings is 2. The number of carbonyl (C=O) groups excluding carboxylic acids is 3. The number of aliphatic hydroxyl groups excluding tert-OH is 1. The van der Waals surface area contributed by atoms with Crippen molar-refractivity contribution >= 4 is 34.6 Å². The number of aromatic hydroxyl groups is 1. The lowest BCUT2D eigenvalue weighted by molar-refractivity contribution is -0.143. The first-order valence-corrected chi connectivity index (χ1v) is 12.8. The second kappa shape index (κ2) is 13.6. The van der Waals surface area contributed by atoms with E-state index in [-0.39, 0.29) is 18.6 Å². The molecule has 0 saturated heterocycles. The van der Waals surface area contributed by atoms with Crippen LogP contribution in [0.3, 0.4) is 0 Å². The van der Waals surface area contributed by atoms with E-state index in [1.807, 2.05) is 24.3 Å². The predicted octanol–water partition coefficient (Wildman–Crippen LogP) is 0.173. The third kappa shape index (κ3) is 7.80.